The van der Waals surface area contributed by atoms with Gasteiger partial charge < -0.3 is 25.4 Å². The summed E-state index contributed by atoms with van der Waals surface area (Å²) in [6, 6.07) is -1.55. The van der Waals surface area contributed by atoms with E-state index in [4.69, 9.17) is 25.4 Å². The van der Waals surface area contributed by atoms with Gasteiger partial charge in [-0.1, -0.05) is 27.7 Å². The van der Waals surface area contributed by atoms with E-state index in [0.29, 0.717) is 0 Å². The van der Waals surface area contributed by atoms with E-state index in [0.717, 1.165) is 12.5 Å². The topological polar surface area (TPSA) is 118 Å². The summed E-state index contributed by atoms with van der Waals surface area (Å²) < 4.78 is 15.0. The Balaban J connectivity index is 2.74. The molecule has 2 atom stereocenters. The maximum Gasteiger partial charge on any atom is 0.328 e. The lowest BCUT2D eigenvalue weighted by atomic mass is 10.1. The van der Waals surface area contributed by atoms with Gasteiger partial charge in [0.25, 0.3) is 0 Å². The number of hydrogen-bond acceptors (Lipinski definition) is 7. The lowest BCUT2D eigenvalue weighted by Gasteiger charge is -2.15. The average molecular weight is 298 g/mol. The van der Waals surface area contributed by atoms with Crippen molar-refractivity contribution in [1.29, 1.82) is 0 Å². The van der Waals surface area contributed by atoms with Crippen molar-refractivity contribution >= 4 is 11.9 Å². The normalized spacial score (nSPS) is 14.1. The zero-order valence-electron chi connectivity index (χ0n) is 12.7. The molecular formula is C14H22N2O5. The molecule has 1 rings (SSSR count). The molecule has 118 valence electrons. The highest BCUT2D eigenvalue weighted by Gasteiger charge is 2.25. The van der Waals surface area contributed by atoms with Crippen LogP contribution in [-0.4, -0.2) is 24.0 Å². The van der Waals surface area contributed by atoms with Crippen molar-refractivity contribution in [2.75, 3.05) is 0 Å². The Bertz CT molecular complexity index is 453. The zero-order valence-corrected chi connectivity index (χ0v) is 12.7. The molecule has 0 radical (unpaired) electrons. The third-order valence-electron chi connectivity index (χ3n) is 2.99. The molecule has 0 bridgehead atoms. The molecule has 0 spiro atoms. The second-order valence-corrected chi connectivity index (χ2v) is 5.48. The Morgan fingerprint density at radius 1 is 0.905 bits per heavy atom. The standard InChI is InChI=1S/C14H22N2O5/c1-7(2)11(15)13(17)20-9-5-19-6-10(9)21-14(18)12(16)8(3)4/h5-8,11-12H,15-16H2,1-4H3/t11-,12?/m0/s1. The van der Waals surface area contributed by atoms with Gasteiger partial charge in [0.2, 0.25) is 11.5 Å². The minimum absolute atomic E-state index is 0.000376. The first-order chi connectivity index (χ1) is 9.73. The highest BCUT2D eigenvalue weighted by molar-refractivity contribution is 5.81. The van der Waals surface area contributed by atoms with Crippen LogP contribution in [0.15, 0.2) is 16.9 Å². The van der Waals surface area contributed by atoms with Crippen LogP contribution in [0.2, 0.25) is 0 Å². The summed E-state index contributed by atoms with van der Waals surface area (Å²) in [6.45, 7) is 7.18. The smallest absolute Gasteiger partial charge is 0.328 e. The first-order valence-corrected chi connectivity index (χ1v) is 6.74. The van der Waals surface area contributed by atoms with Crippen LogP contribution < -0.4 is 20.9 Å². The molecule has 4 N–H and O–H groups in total. The van der Waals surface area contributed by atoms with Crippen molar-refractivity contribution in [3.8, 4) is 11.5 Å². The van der Waals surface area contributed by atoms with Gasteiger partial charge in [-0.25, -0.2) is 9.59 Å². The van der Waals surface area contributed by atoms with Gasteiger partial charge in [-0.2, -0.15) is 0 Å². The first kappa shape index (κ1) is 17.2. The van der Waals surface area contributed by atoms with Crippen LogP contribution in [0.3, 0.4) is 0 Å². The second-order valence-electron chi connectivity index (χ2n) is 5.48. The summed E-state index contributed by atoms with van der Waals surface area (Å²) in [6.07, 6.45) is 2.32. The van der Waals surface area contributed by atoms with E-state index in [1.165, 1.54) is 0 Å². The molecule has 1 heterocycles. The maximum absolute atomic E-state index is 11.8. The lowest BCUT2D eigenvalue weighted by molar-refractivity contribution is -0.139. The molecule has 0 aliphatic carbocycles. The predicted octanol–water partition coefficient (Wildman–Crippen LogP) is 1.06. The summed E-state index contributed by atoms with van der Waals surface area (Å²) in [5.74, 6) is -1.41. The highest BCUT2D eigenvalue weighted by Crippen LogP contribution is 2.29. The third kappa shape index (κ3) is 4.57. The first-order valence-electron chi connectivity index (χ1n) is 6.74. The van der Waals surface area contributed by atoms with Gasteiger partial charge in [0.05, 0.1) is 0 Å². The van der Waals surface area contributed by atoms with Gasteiger partial charge in [-0.3, -0.25) is 0 Å². The van der Waals surface area contributed by atoms with Crippen molar-refractivity contribution in [3.05, 3.63) is 12.5 Å². The van der Waals surface area contributed by atoms with Crippen LogP contribution in [0, 0.1) is 11.8 Å². The van der Waals surface area contributed by atoms with Gasteiger partial charge in [0.1, 0.15) is 24.6 Å². The number of carbonyl (C=O) groups excluding carboxylic acids is 2. The van der Waals surface area contributed by atoms with Crippen LogP contribution in [-0.2, 0) is 9.59 Å². The van der Waals surface area contributed by atoms with E-state index in [-0.39, 0.29) is 23.3 Å². The minimum atomic E-state index is -0.777. The molecule has 1 aromatic rings. The Morgan fingerprint density at radius 2 is 1.24 bits per heavy atom. The van der Waals surface area contributed by atoms with Crippen LogP contribution in [0.4, 0.5) is 0 Å². The van der Waals surface area contributed by atoms with E-state index in [9.17, 15) is 9.59 Å². The zero-order chi connectivity index (χ0) is 16.2. The molecule has 0 amide bonds. The lowest BCUT2D eigenvalue weighted by Crippen LogP contribution is -2.39. The van der Waals surface area contributed by atoms with Crippen molar-refractivity contribution in [1.82, 2.24) is 0 Å². The Hall–Kier alpha value is -1.86. The molecule has 7 heteroatoms. The largest absolute Gasteiger partial charge is 0.465 e. The summed E-state index contributed by atoms with van der Waals surface area (Å²) >= 11 is 0. The molecule has 0 saturated heterocycles. The fourth-order valence-corrected chi connectivity index (χ4v) is 1.32. The number of esters is 2. The minimum Gasteiger partial charge on any atom is -0.465 e. The molecule has 0 aliphatic heterocycles. The van der Waals surface area contributed by atoms with E-state index in [2.05, 4.69) is 0 Å². The molecule has 21 heavy (non-hydrogen) atoms. The number of nitrogens with two attached hydrogens (primary N) is 2. The molecule has 0 aromatic carbocycles. The predicted molar refractivity (Wildman–Crippen MR) is 75.6 cm³/mol. The van der Waals surface area contributed by atoms with Crippen molar-refractivity contribution in [3.63, 3.8) is 0 Å². The number of carbonyl (C=O) groups is 2. The molecule has 0 fully saturated rings. The maximum atomic E-state index is 11.8. The molecule has 1 aromatic heterocycles. The average Bonchev–Trinajstić information content (AvgIpc) is 2.83. The van der Waals surface area contributed by atoms with Gasteiger partial charge in [-0.05, 0) is 11.8 Å². The van der Waals surface area contributed by atoms with Crippen LogP contribution in [0.25, 0.3) is 0 Å². The quantitative estimate of drug-likeness (QED) is 0.754. The number of furan rings is 1. The van der Waals surface area contributed by atoms with Crippen molar-refractivity contribution in [2.45, 2.75) is 39.8 Å². The Kier molecular flexibility index (Phi) is 5.92. The monoisotopic (exact) mass is 298 g/mol. The second kappa shape index (κ2) is 7.24. The van der Waals surface area contributed by atoms with Crippen LogP contribution in [0.1, 0.15) is 27.7 Å². The van der Waals surface area contributed by atoms with E-state index in [1.807, 2.05) is 0 Å². The summed E-state index contributed by atoms with van der Waals surface area (Å²) in [4.78, 5) is 23.6. The number of rotatable bonds is 6. The summed E-state index contributed by atoms with van der Waals surface area (Å²) in [7, 11) is 0. The molecule has 0 aliphatic rings. The number of ether oxygens (including phenoxy) is 2. The van der Waals surface area contributed by atoms with E-state index >= 15 is 0 Å². The third-order valence-corrected chi connectivity index (χ3v) is 2.99. The van der Waals surface area contributed by atoms with Gasteiger partial charge in [-0.15, -0.1) is 0 Å². The molecule has 0 saturated carbocycles. The SMILES string of the molecule is CC(C)C(N)C(=O)Oc1cocc1OC(=O)[C@@H](N)C(C)C. The fraction of sp³-hybridized carbons (Fsp3) is 0.571. The summed E-state index contributed by atoms with van der Waals surface area (Å²) in [5, 5.41) is 0. The van der Waals surface area contributed by atoms with E-state index in [1.54, 1.807) is 27.7 Å². The van der Waals surface area contributed by atoms with Crippen molar-refractivity contribution in [2.24, 2.45) is 23.3 Å². The van der Waals surface area contributed by atoms with Gasteiger partial charge >= 0.3 is 11.9 Å². The van der Waals surface area contributed by atoms with Crippen LogP contribution >= 0.6 is 0 Å². The highest BCUT2D eigenvalue weighted by atomic mass is 16.6. The summed E-state index contributed by atoms with van der Waals surface area (Å²) in [5.41, 5.74) is 11.4. The van der Waals surface area contributed by atoms with Gasteiger partial charge in [0.15, 0.2) is 0 Å². The molecular weight excluding hydrogens is 276 g/mol. The Morgan fingerprint density at radius 3 is 1.52 bits per heavy atom. The fourth-order valence-electron chi connectivity index (χ4n) is 1.32. The molecule has 7 nitrogen and oxygen atoms in total. The van der Waals surface area contributed by atoms with Crippen molar-refractivity contribution < 1.29 is 23.5 Å². The Labute approximate surface area is 123 Å². The van der Waals surface area contributed by atoms with Gasteiger partial charge in [0, 0.05) is 0 Å². The van der Waals surface area contributed by atoms with Crippen LogP contribution in [0.5, 0.6) is 11.5 Å². The molecule has 1 unspecified atom stereocenters. The van der Waals surface area contributed by atoms with E-state index < -0.39 is 24.0 Å². The number of hydrogen-bond donors (Lipinski definition) is 2.